The fourth-order valence-electron chi connectivity index (χ4n) is 3.91. The summed E-state index contributed by atoms with van der Waals surface area (Å²) < 4.78 is 47.1. The van der Waals surface area contributed by atoms with Crippen LogP contribution in [-0.4, -0.2) is 41.7 Å². The van der Waals surface area contributed by atoms with Crippen molar-refractivity contribution < 1.29 is 22.7 Å². The number of amides is 1. The first-order valence-corrected chi connectivity index (χ1v) is 8.96. The summed E-state index contributed by atoms with van der Waals surface area (Å²) >= 11 is 0. The van der Waals surface area contributed by atoms with Gasteiger partial charge in [0.25, 0.3) is 5.91 Å². The molecule has 1 amide bonds. The van der Waals surface area contributed by atoms with E-state index in [4.69, 9.17) is 10.5 Å². The number of piperazine rings is 1. The number of hydrogen-bond acceptors (Lipinski definition) is 5. The van der Waals surface area contributed by atoms with E-state index in [2.05, 4.69) is 10.3 Å². The van der Waals surface area contributed by atoms with Crippen LogP contribution in [0, 0.1) is 0 Å². The van der Waals surface area contributed by atoms with E-state index in [9.17, 15) is 18.0 Å². The maximum atomic E-state index is 13.9. The zero-order valence-corrected chi connectivity index (χ0v) is 15.1. The Bertz CT molecular complexity index is 932. The molecule has 1 aromatic carbocycles. The Labute approximate surface area is 159 Å². The first-order valence-electron chi connectivity index (χ1n) is 8.96. The fraction of sp³-hybridized carbons (Fsp3) is 0.368. The number of alkyl halides is 3. The van der Waals surface area contributed by atoms with Crippen molar-refractivity contribution in [2.75, 3.05) is 19.7 Å². The molecular weight excluding hydrogens is 373 g/mol. The molecule has 2 aliphatic rings. The number of pyridine rings is 1. The van der Waals surface area contributed by atoms with Crippen LogP contribution in [0.3, 0.4) is 0 Å². The lowest BCUT2D eigenvalue weighted by Crippen LogP contribution is -2.55. The molecule has 0 saturated carbocycles. The summed E-state index contributed by atoms with van der Waals surface area (Å²) in [6.07, 6.45) is -3.82. The molecule has 2 aromatic rings. The van der Waals surface area contributed by atoms with Gasteiger partial charge >= 0.3 is 6.18 Å². The highest BCUT2D eigenvalue weighted by molar-refractivity contribution is 6.02. The Kier molecular flexibility index (Phi) is 4.51. The van der Waals surface area contributed by atoms with Gasteiger partial charge in [-0.1, -0.05) is 0 Å². The SMILES string of the molecule is CCOc1ncccc1-c1cc2c(c(C(F)(F)F)c1)C(=O)N1CCN[C@@H](N)C21. The lowest BCUT2D eigenvalue weighted by Gasteiger charge is -2.35. The van der Waals surface area contributed by atoms with Crippen LogP contribution >= 0.6 is 0 Å². The number of ether oxygens (including phenoxy) is 1. The maximum Gasteiger partial charge on any atom is 0.417 e. The summed E-state index contributed by atoms with van der Waals surface area (Å²) in [5.41, 5.74) is 5.82. The third-order valence-corrected chi connectivity index (χ3v) is 5.04. The van der Waals surface area contributed by atoms with Crippen molar-refractivity contribution in [3.8, 4) is 17.0 Å². The summed E-state index contributed by atoms with van der Waals surface area (Å²) in [5, 5.41) is 3.03. The molecule has 3 heterocycles. The molecule has 28 heavy (non-hydrogen) atoms. The van der Waals surface area contributed by atoms with Gasteiger partial charge < -0.3 is 15.4 Å². The van der Waals surface area contributed by atoms with Crippen molar-refractivity contribution in [2.24, 2.45) is 5.73 Å². The number of carbonyl (C=O) groups excluding carboxylic acids is 1. The number of fused-ring (bicyclic) bond motifs is 3. The van der Waals surface area contributed by atoms with E-state index in [0.717, 1.165) is 6.07 Å². The number of rotatable bonds is 3. The monoisotopic (exact) mass is 392 g/mol. The number of halogens is 3. The Morgan fingerprint density at radius 3 is 2.89 bits per heavy atom. The molecule has 2 aliphatic heterocycles. The van der Waals surface area contributed by atoms with Crippen LogP contribution in [0.2, 0.25) is 0 Å². The Morgan fingerprint density at radius 1 is 1.39 bits per heavy atom. The van der Waals surface area contributed by atoms with Gasteiger partial charge in [0.2, 0.25) is 5.88 Å². The Hall–Kier alpha value is -2.65. The Balaban J connectivity index is 1.96. The largest absolute Gasteiger partial charge is 0.478 e. The summed E-state index contributed by atoms with van der Waals surface area (Å²) in [7, 11) is 0. The molecule has 9 heteroatoms. The van der Waals surface area contributed by atoms with Crippen molar-refractivity contribution in [3.63, 3.8) is 0 Å². The van der Waals surface area contributed by atoms with Gasteiger partial charge in [0.15, 0.2) is 0 Å². The highest BCUT2D eigenvalue weighted by Crippen LogP contribution is 2.45. The predicted octanol–water partition coefficient (Wildman–Crippen LogP) is 2.55. The molecule has 0 spiro atoms. The number of aromatic nitrogens is 1. The highest BCUT2D eigenvalue weighted by Gasteiger charge is 2.48. The number of nitrogens with two attached hydrogens (primary N) is 1. The molecular formula is C19H19F3N4O2. The van der Waals surface area contributed by atoms with Gasteiger partial charge in [-0.05, 0) is 42.3 Å². The van der Waals surface area contributed by atoms with Gasteiger partial charge in [-0.25, -0.2) is 4.98 Å². The molecule has 1 aromatic heterocycles. The molecule has 0 radical (unpaired) electrons. The summed E-state index contributed by atoms with van der Waals surface area (Å²) in [4.78, 5) is 18.3. The number of benzene rings is 1. The van der Waals surface area contributed by atoms with E-state index in [-0.39, 0.29) is 22.6 Å². The normalized spacial score (nSPS) is 21.5. The highest BCUT2D eigenvalue weighted by atomic mass is 19.4. The van der Waals surface area contributed by atoms with Gasteiger partial charge in [0, 0.05) is 24.8 Å². The van der Waals surface area contributed by atoms with E-state index in [1.54, 1.807) is 25.1 Å². The lowest BCUT2D eigenvalue weighted by molar-refractivity contribution is -0.137. The van der Waals surface area contributed by atoms with Gasteiger partial charge in [-0.15, -0.1) is 0 Å². The lowest BCUT2D eigenvalue weighted by atomic mass is 9.92. The average Bonchev–Trinajstić information content (AvgIpc) is 2.95. The van der Waals surface area contributed by atoms with Gasteiger partial charge in [-0.2, -0.15) is 13.2 Å². The van der Waals surface area contributed by atoms with Crippen molar-refractivity contribution in [1.82, 2.24) is 15.2 Å². The quantitative estimate of drug-likeness (QED) is 0.839. The zero-order valence-electron chi connectivity index (χ0n) is 15.1. The van der Waals surface area contributed by atoms with Crippen LogP contribution < -0.4 is 15.8 Å². The topological polar surface area (TPSA) is 80.5 Å². The fourth-order valence-corrected chi connectivity index (χ4v) is 3.91. The molecule has 1 fully saturated rings. The summed E-state index contributed by atoms with van der Waals surface area (Å²) in [5.74, 6) is -0.391. The van der Waals surface area contributed by atoms with Crippen LogP contribution in [0.15, 0.2) is 30.5 Å². The maximum absolute atomic E-state index is 13.9. The third kappa shape index (κ3) is 2.91. The van der Waals surface area contributed by atoms with Crippen LogP contribution in [0.1, 0.15) is 34.5 Å². The molecule has 1 unspecified atom stereocenters. The number of carbonyl (C=O) groups is 1. The van der Waals surface area contributed by atoms with Crippen molar-refractivity contribution in [1.29, 1.82) is 0 Å². The van der Waals surface area contributed by atoms with Crippen LogP contribution in [-0.2, 0) is 6.18 Å². The minimum atomic E-state index is -4.68. The van der Waals surface area contributed by atoms with E-state index in [0.29, 0.717) is 25.3 Å². The van der Waals surface area contributed by atoms with Gasteiger partial charge in [0.1, 0.15) is 0 Å². The Morgan fingerprint density at radius 2 is 2.18 bits per heavy atom. The first kappa shape index (κ1) is 18.7. The van der Waals surface area contributed by atoms with E-state index < -0.39 is 29.9 Å². The molecule has 4 rings (SSSR count). The van der Waals surface area contributed by atoms with E-state index in [1.165, 1.54) is 11.1 Å². The number of hydrogen-bond donors (Lipinski definition) is 2. The van der Waals surface area contributed by atoms with E-state index >= 15 is 0 Å². The smallest absolute Gasteiger partial charge is 0.417 e. The molecule has 1 saturated heterocycles. The predicted molar refractivity (Wildman–Crippen MR) is 95.6 cm³/mol. The summed E-state index contributed by atoms with van der Waals surface area (Å²) in [6.45, 7) is 2.83. The summed E-state index contributed by atoms with van der Waals surface area (Å²) in [6, 6.07) is 5.22. The average molecular weight is 392 g/mol. The minimum absolute atomic E-state index is 0.241. The number of nitrogens with one attached hydrogen (secondary N) is 1. The second kappa shape index (κ2) is 6.75. The van der Waals surface area contributed by atoms with Crippen LogP contribution in [0.25, 0.3) is 11.1 Å². The van der Waals surface area contributed by atoms with Crippen LogP contribution in [0.4, 0.5) is 13.2 Å². The van der Waals surface area contributed by atoms with Crippen LogP contribution in [0.5, 0.6) is 5.88 Å². The van der Waals surface area contributed by atoms with Crippen molar-refractivity contribution in [3.05, 3.63) is 47.2 Å². The molecule has 2 atom stereocenters. The van der Waals surface area contributed by atoms with Gasteiger partial charge in [0.05, 0.1) is 29.9 Å². The molecule has 3 N–H and O–H groups in total. The second-order valence-electron chi connectivity index (χ2n) is 6.70. The first-order chi connectivity index (χ1) is 13.3. The molecule has 6 nitrogen and oxygen atoms in total. The van der Waals surface area contributed by atoms with E-state index in [1.807, 2.05) is 0 Å². The molecule has 0 aliphatic carbocycles. The molecule has 148 valence electrons. The van der Waals surface area contributed by atoms with Crippen molar-refractivity contribution >= 4 is 5.91 Å². The zero-order chi connectivity index (χ0) is 20.1. The molecule has 0 bridgehead atoms. The standard InChI is InChI=1S/C19H19F3N4O2/c1-2-28-17-11(4-3-5-25-17)10-8-12-14(13(9-10)19(20,21)22)18(27)26-7-6-24-16(23)15(12)26/h3-5,8-9,15-16,24H,2,6-7,23H2,1H3/t15?,16-/m1/s1. The number of nitrogens with zero attached hydrogens (tertiary/aromatic N) is 2. The third-order valence-electron chi connectivity index (χ3n) is 5.04. The minimum Gasteiger partial charge on any atom is -0.478 e. The van der Waals surface area contributed by atoms with Gasteiger partial charge in [-0.3, -0.25) is 10.1 Å². The van der Waals surface area contributed by atoms with Crippen molar-refractivity contribution in [2.45, 2.75) is 25.3 Å². The second-order valence-corrected chi connectivity index (χ2v) is 6.70.